The third kappa shape index (κ3) is 15.6. The molecule has 1 aliphatic carbocycles. The van der Waals surface area contributed by atoms with Gasteiger partial charge in [-0.25, -0.2) is 23.2 Å². The van der Waals surface area contributed by atoms with Gasteiger partial charge >= 0.3 is 6.09 Å². The van der Waals surface area contributed by atoms with E-state index in [9.17, 15) is 22.8 Å². The maximum Gasteiger partial charge on any atom is 0.410 e. The monoisotopic (exact) mass is 1150 g/mol. The number of amides is 4. The van der Waals surface area contributed by atoms with Crippen molar-refractivity contribution in [2.24, 2.45) is 5.41 Å². The molecule has 4 amide bonds. The van der Waals surface area contributed by atoms with Crippen molar-refractivity contribution in [3.05, 3.63) is 94.4 Å². The van der Waals surface area contributed by atoms with E-state index >= 15 is 4.79 Å². The fourth-order valence-corrected chi connectivity index (χ4v) is 10.9. The van der Waals surface area contributed by atoms with Gasteiger partial charge in [-0.1, -0.05) is 51.1 Å². The quantitative estimate of drug-likeness (QED) is 0.0452. The molecule has 3 heterocycles. The number of aryl methyl sites for hydroxylation is 2. The minimum Gasteiger partial charge on any atom is -0.491 e. The minimum atomic E-state index is -3.87. The number of sulfone groups is 1. The fourth-order valence-electron chi connectivity index (χ4n) is 9.54. The maximum absolute atomic E-state index is 15.0. The summed E-state index contributed by atoms with van der Waals surface area (Å²) in [5.41, 5.74) is 4.69. The van der Waals surface area contributed by atoms with Gasteiger partial charge in [0.05, 0.1) is 55.9 Å². The lowest BCUT2D eigenvalue weighted by molar-refractivity contribution is -0.147. The van der Waals surface area contributed by atoms with Crippen LogP contribution in [0.2, 0.25) is 0 Å². The Morgan fingerprint density at radius 2 is 1.46 bits per heavy atom. The topological polar surface area (TPSA) is 255 Å². The highest BCUT2D eigenvalue weighted by molar-refractivity contribution is 7.92. The smallest absolute Gasteiger partial charge is 0.410 e. The molecular formula is C60H83N9O12S. The van der Waals surface area contributed by atoms with Gasteiger partial charge in [0.25, 0.3) is 0 Å². The van der Waals surface area contributed by atoms with E-state index in [1.54, 1.807) is 65.5 Å². The molecule has 22 heteroatoms. The molecule has 0 bridgehead atoms. The van der Waals surface area contributed by atoms with E-state index in [0.29, 0.717) is 48.1 Å². The van der Waals surface area contributed by atoms with Gasteiger partial charge in [0.2, 0.25) is 17.7 Å². The van der Waals surface area contributed by atoms with Crippen LogP contribution in [0.25, 0.3) is 10.9 Å². The summed E-state index contributed by atoms with van der Waals surface area (Å²) in [6.07, 6.45) is 3.58. The molecule has 3 aromatic carbocycles. The van der Waals surface area contributed by atoms with Crippen LogP contribution in [0.5, 0.6) is 11.5 Å². The highest BCUT2D eigenvalue weighted by atomic mass is 32.2. The van der Waals surface area contributed by atoms with Crippen molar-refractivity contribution in [3.63, 3.8) is 0 Å². The number of carbonyl (C=O) groups excluding carboxylic acids is 4. The molecule has 446 valence electrons. The molecule has 0 saturated heterocycles. The number of rotatable bonds is 23. The Morgan fingerprint density at radius 1 is 0.805 bits per heavy atom. The van der Waals surface area contributed by atoms with Gasteiger partial charge < -0.3 is 49.3 Å². The van der Waals surface area contributed by atoms with Crippen molar-refractivity contribution in [1.82, 2.24) is 40.6 Å². The van der Waals surface area contributed by atoms with E-state index in [4.69, 9.17) is 28.4 Å². The summed E-state index contributed by atoms with van der Waals surface area (Å²) in [4.78, 5) is 68.0. The Hall–Kier alpha value is -6.88. The maximum atomic E-state index is 15.0. The van der Waals surface area contributed by atoms with Crippen molar-refractivity contribution < 1.29 is 56.0 Å². The second-order valence-corrected chi connectivity index (χ2v) is 26.7. The highest BCUT2D eigenvalue weighted by Crippen LogP contribution is 2.38. The lowest BCUT2D eigenvalue weighted by atomic mass is 9.83. The van der Waals surface area contributed by atoms with Crippen LogP contribution in [0.15, 0.2) is 65.8 Å². The second kappa shape index (κ2) is 26.6. The van der Waals surface area contributed by atoms with E-state index in [1.165, 1.54) is 23.8 Å². The Bertz CT molecular complexity index is 3180. The number of ether oxygens (including phenoxy) is 6. The molecule has 0 spiro atoms. The summed E-state index contributed by atoms with van der Waals surface area (Å²) in [6, 6.07) is 13.8. The van der Waals surface area contributed by atoms with Crippen LogP contribution in [0.1, 0.15) is 122 Å². The molecular weight excluding hydrogens is 1070 g/mol. The molecule has 2 aliphatic rings. The first-order chi connectivity index (χ1) is 38.6. The number of nitrogens with zero attached hydrogens (tertiary/aromatic N) is 5. The summed E-state index contributed by atoms with van der Waals surface area (Å²) in [5.74, 6) is 0.455. The predicted octanol–water partition coefficient (Wildman–Crippen LogP) is 8.03. The molecule has 21 nitrogen and oxygen atoms in total. The number of hydrogen-bond acceptors (Lipinski definition) is 16. The molecule has 0 fully saturated rings. The van der Waals surface area contributed by atoms with Crippen molar-refractivity contribution in [2.45, 2.75) is 155 Å². The van der Waals surface area contributed by atoms with Crippen molar-refractivity contribution >= 4 is 56.2 Å². The molecule has 4 atom stereocenters. The fraction of sp³-hybridized carbons (Fsp3) is 0.550. The van der Waals surface area contributed by atoms with Crippen LogP contribution in [-0.4, -0.2) is 151 Å². The average molecular weight is 1150 g/mol. The Kier molecular flexibility index (Phi) is 20.3. The largest absolute Gasteiger partial charge is 0.491 e. The number of aromatic amines is 1. The van der Waals surface area contributed by atoms with Gasteiger partial charge in [-0.2, -0.15) is 5.10 Å². The van der Waals surface area contributed by atoms with Crippen molar-refractivity contribution in [2.75, 3.05) is 65.2 Å². The number of likely N-dealkylation sites (N-methyl/N-ethyl adjacent to an activating group) is 1. The molecule has 0 radical (unpaired) electrons. The first-order valence-corrected chi connectivity index (χ1v) is 29.5. The van der Waals surface area contributed by atoms with E-state index < -0.39 is 61.6 Å². The zero-order valence-corrected chi connectivity index (χ0v) is 50.6. The van der Waals surface area contributed by atoms with Gasteiger partial charge in [-0.3, -0.25) is 24.4 Å². The third-order valence-corrected chi connectivity index (χ3v) is 17.1. The summed E-state index contributed by atoms with van der Waals surface area (Å²) >= 11 is 0. The first-order valence-electron chi connectivity index (χ1n) is 28.0. The molecule has 4 N–H and O–H groups in total. The van der Waals surface area contributed by atoms with Gasteiger partial charge in [0.1, 0.15) is 65.5 Å². The van der Waals surface area contributed by atoms with E-state index in [0.717, 1.165) is 47.2 Å². The van der Waals surface area contributed by atoms with Crippen LogP contribution >= 0.6 is 0 Å². The van der Waals surface area contributed by atoms with Crippen LogP contribution in [0, 0.1) is 19.3 Å². The lowest BCUT2D eigenvalue weighted by Crippen LogP contribution is -2.62. The zero-order chi connectivity index (χ0) is 59.7. The first kappa shape index (κ1) is 62.7. The summed E-state index contributed by atoms with van der Waals surface area (Å²) in [6.45, 7) is 23.1. The number of fused-ring (bicyclic) bond motifs is 3. The number of benzene rings is 3. The van der Waals surface area contributed by atoms with Gasteiger partial charge in [-0.05, 0) is 127 Å². The van der Waals surface area contributed by atoms with Crippen LogP contribution < -0.4 is 25.4 Å². The van der Waals surface area contributed by atoms with E-state index in [2.05, 4.69) is 42.2 Å². The van der Waals surface area contributed by atoms with Crippen LogP contribution in [-0.2, 0) is 62.6 Å². The standard InChI is InChI=1S/C60H83N9O12S/c1-37-38(2)66-67-52(37)65-53-45-33-50(82(74,75)60(10,11)12)49(34-47(45)61-36-62-53)80-30-28-78-26-24-76-23-25-77-27-29-79-43-22-21-41-32-48(55(71)63-46-20-16-18-40-17-14-15-19-44(40)46)69(35-42(41)31-43)56(72)51(58(4,5)6)64-54(70)39(3)68(13)57(73)81-59(7,8)9/h14-15,17,19,21-22,31,33-34,36,39,46,48,51H,16,18,20,23-30,32,35H2,1-13H3,(H,63,71)(H,64,70)(H2,61,62,65,66,67)/t39-,46+,48-,51?/m0/s1. The number of anilines is 2. The van der Waals surface area contributed by atoms with Gasteiger partial charge in [0.15, 0.2) is 15.7 Å². The number of nitrogens with one attached hydrogen (secondary N) is 4. The second-order valence-electron chi connectivity index (χ2n) is 24.0. The van der Waals surface area contributed by atoms with Crippen molar-refractivity contribution in [1.29, 1.82) is 0 Å². The number of carbonyl (C=O) groups is 4. The summed E-state index contributed by atoms with van der Waals surface area (Å²) < 4.78 is 61.5. The van der Waals surface area contributed by atoms with Crippen LogP contribution in [0.3, 0.4) is 0 Å². The summed E-state index contributed by atoms with van der Waals surface area (Å²) in [5, 5.41) is 17.2. The number of H-pyrrole nitrogens is 1. The SMILES string of the molecule is Cc1[nH]nc(Nc2ncnc3cc(OCCOCCOCCOCCOc4ccc5c(c4)CN(C(=O)C(NC(=O)[C@H](C)N(C)C(=O)OC(C)(C)C)C(C)(C)C)[C@H](C(=O)N[C@@H]4CCCc6ccccc64)C5)c(S(=O)(=O)C(C)(C)C)cc23)c1C. The average Bonchev–Trinajstić information content (AvgIpc) is 2.47. The number of aromatic nitrogens is 4. The lowest BCUT2D eigenvalue weighted by Gasteiger charge is -2.42. The number of hydrogen-bond donors (Lipinski definition) is 4. The molecule has 1 aliphatic heterocycles. The Balaban J connectivity index is 0.899. The zero-order valence-electron chi connectivity index (χ0n) is 49.8. The molecule has 1 unspecified atom stereocenters. The van der Waals surface area contributed by atoms with Crippen LogP contribution in [0.4, 0.5) is 16.4 Å². The third-order valence-electron chi connectivity index (χ3n) is 14.6. The Morgan fingerprint density at radius 3 is 2.10 bits per heavy atom. The molecule has 82 heavy (non-hydrogen) atoms. The highest BCUT2D eigenvalue weighted by Gasteiger charge is 2.44. The van der Waals surface area contributed by atoms with Gasteiger partial charge in [0, 0.05) is 42.7 Å². The predicted molar refractivity (Wildman–Crippen MR) is 311 cm³/mol. The summed E-state index contributed by atoms with van der Waals surface area (Å²) in [7, 11) is -2.39. The molecule has 7 rings (SSSR count). The van der Waals surface area contributed by atoms with E-state index in [-0.39, 0.29) is 68.6 Å². The van der Waals surface area contributed by atoms with Crippen molar-refractivity contribution in [3.8, 4) is 11.5 Å². The van der Waals surface area contributed by atoms with Gasteiger partial charge in [-0.15, -0.1) is 0 Å². The minimum absolute atomic E-state index is 0.0167. The molecule has 0 saturated carbocycles. The molecule has 2 aromatic heterocycles. The molecule has 5 aromatic rings. The van der Waals surface area contributed by atoms with E-state index in [1.807, 2.05) is 71.0 Å². The Labute approximate surface area is 482 Å². The normalized spacial score (nSPS) is 16.3.